The van der Waals surface area contributed by atoms with Crippen molar-refractivity contribution in [2.45, 2.75) is 26.7 Å². The highest BCUT2D eigenvalue weighted by atomic mass is 79.9. The minimum Gasteiger partial charge on any atom is -0.296 e. The van der Waals surface area contributed by atoms with Crippen molar-refractivity contribution in [2.75, 3.05) is 5.32 Å². The Morgan fingerprint density at radius 3 is 2.72 bits per heavy atom. The molecule has 2 heterocycles. The molecule has 0 unspecified atom stereocenters. The van der Waals surface area contributed by atoms with Gasteiger partial charge in [-0.15, -0.1) is 22.7 Å². The minimum atomic E-state index is -0.199. The molecule has 7 heteroatoms. The van der Waals surface area contributed by atoms with Gasteiger partial charge in [0.2, 0.25) is 0 Å². The Hall–Kier alpha value is -0.790. The summed E-state index contributed by atoms with van der Waals surface area (Å²) in [7, 11) is 0. The molecular weight excluding hydrogens is 334 g/mol. The van der Waals surface area contributed by atoms with E-state index in [0.29, 0.717) is 10.8 Å². The molecule has 0 atom stereocenters. The van der Waals surface area contributed by atoms with Gasteiger partial charge in [0.1, 0.15) is 5.69 Å². The van der Waals surface area contributed by atoms with E-state index >= 15 is 0 Å². The van der Waals surface area contributed by atoms with Crippen molar-refractivity contribution in [3.8, 4) is 0 Å². The Balaban J connectivity index is 2.23. The van der Waals surface area contributed by atoms with Crippen LogP contribution < -0.4 is 5.32 Å². The number of amides is 1. The van der Waals surface area contributed by atoms with Crippen molar-refractivity contribution in [3.05, 3.63) is 25.6 Å². The number of carbonyl (C=O) groups excluding carboxylic acids is 1. The van der Waals surface area contributed by atoms with E-state index in [4.69, 9.17) is 0 Å². The molecule has 0 saturated heterocycles. The summed E-state index contributed by atoms with van der Waals surface area (Å²) >= 11 is 6.23. The summed E-state index contributed by atoms with van der Waals surface area (Å²) in [5.74, 6) is 0.0718. The Bertz CT molecular complexity index is 577. The lowest BCUT2D eigenvalue weighted by molar-refractivity contribution is 0.102. The van der Waals surface area contributed by atoms with Crippen LogP contribution in [0.25, 0.3) is 0 Å². The van der Waals surface area contributed by atoms with Crippen LogP contribution in [0.2, 0.25) is 0 Å². The predicted octanol–water partition coefficient (Wildman–Crippen LogP) is 4.05. The minimum absolute atomic E-state index is 0.199. The largest absolute Gasteiger partial charge is 0.296 e. The van der Waals surface area contributed by atoms with E-state index in [0.717, 1.165) is 14.5 Å². The van der Waals surface area contributed by atoms with Gasteiger partial charge in [-0.05, 0) is 28.8 Å². The number of thiazole rings is 2. The van der Waals surface area contributed by atoms with Gasteiger partial charge in [-0.3, -0.25) is 10.1 Å². The van der Waals surface area contributed by atoms with Crippen LogP contribution in [-0.2, 0) is 0 Å². The van der Waals surface area contributed by atoms with Crippen LogP contribution in [0.15, 0.2) is 9.30 Å². The first-order valence-corrected chi connectivity index (χ1v) is 7.86. The van der Waals surface area contributed by atoms with Gasteiger partial charge in [0.25, 0.3) is 5.91 Å². The fourth-order valence-electron chi connectivity index (χ4n) is 1.43. The van der Waals surface area contributed by atoms with Gasteiger partial charge in [0.15, 0.2) is 9.05 Å². The topological polar surface area (TPSA) is 54.9 Å². The highest BCUT2D eigenvalue weighted by Gasteiger charge is 2.20. The molecule has 0 aliphatic rings. The number of anilines is 1. The fourth-order valence-corrected chi connectivity index (χ4v) is 3.60. The third-order valence-electron chi connectivity index (χ3n) is 2.21. The van der Waals surface area contributed by atoms with Crippen molar-refractivity contribution in [2.24, 2.45) is 0 Å². The van der Waals surface area contributed by atoms with E-state index in [1.54, 1.807) is 0 Å². The molecule has 0 aromatic carbocycles. The van der Waals surface area contributed by atoms with Crippen LogP contribution >= 0.6 is 38.6 Å². The van der Waals surface area contributed by atoms with Crippen molar-refractivity contribution in [3.63, 3.8) is 0 Å². The smallest absolute Gasteiger partial charge is 0.277 e. The predicted molar refractivity (Wildman–Crippen MR) is 78.7 cm³/mol. The summed E-state index contributed by atoms with van der Waals surface area (Å²) in [5.41, 5.74) is 1.38. The van der Waals surface area contributed by atoms with E-state index < -0.39 is 0 Å². The molecule has 0 aliphatic carbocycles. The highest BCUT2D eigenvalue weighted by molar-refractivity contribution is 9.11. The normalized spacial score (nSPS) is 10.9. The highest BCUT2D eigenvalue weighted by Crippen LogP contribution is 2.30. The number of hydrogen-bond acceptors (Lipinski definition) is 5. The molecule has 0 aliphatic heterocycles. The first-order chi connectivity index (χ1) is 8.47. The van der Waals surface area contributed by atoms with Gasteiger partial charge in [0.05, 0.1) is 5.69 Å². The number of halogens is 1. The summed E-state index contributed by atoms with van der Waals surface area (Å²) in [5, 5.41) is 5.29. The molecule has 18 heavy (non-hydrogen) atoms. The van der Waals surface area contributed by atoms with E-state index in [9.17, 15) is 4.79 Å². The summed E-state index contributed by atoms with van der Waals surface area (Å²) in [6.45, 7) is 5.99. The molecule has 2 rings (SSSR count). The number of nitrogens with one attached hydrogen (secondary N) is 1. The molecule has 0 saturated carbocycles. The summed E-state index contributed by atoms with van der Waals surface area (Å²) in [4.78, 5) is 21.6. The zero-order valence-corrected chi connectivity index (χ0v) is 13.4. The first kappa shape index (κ1) is 13.6. The number of hydrogen-bond donors (Lipinski definition) is 1. The second-order valence-corrected chi connectivity index (χ2v) is 7.25. The molecular formula is C11H12BrN3OS2. The Morgan fingerprint density at radius 2 is 2.17 bits per heavy atom. The quantitative estimate of drug-likeness (QED) is 0.912. The summed E-state index contributed by atoms with van der Waals surface area (Å²) in [6.07, 6.45) is 0. The summed E-state index contributed by atoms with van der Waals surface area (Å²) < 4.78 is 0.728. The maximum Gasteiger partial charge on any atom is 0.277 e. The molecule has 0 spiro atoms. The summed E-state index contributed by atoms with van der Waals surface area (Å²) in [6, 6.07) is 0. The first-order valence-electron chi connectivity index (χ1n) is 5.37. The molecule has 0 fully saturated rings. The average Bonchev–Trinajstić information content (AvgIpc) is 2.85. The zero-order valence-electron chi connectivity index (χ0n) is 10.2. The standard InChI is InChI=1S/C11H12BrN3OS2/c1-5(2)8-7(14-10(12)18-8)9(16)15-11-13-6(3)4-17-11/h4-5H,1-3H3,(H,13,15,16). The average molecular weight is 346 g/mol. The van der Waals surface area contributed by atoms with Crippen LogP contribution in [0.1, 0.15) is 40.8 Å². The lowest BCUT2D eigenvalue weighted by Crippen LogP contribution is -2.14. The van der Waals surface area contributed by atoms with Crippen molar-refractivity contribution >= 4 is 49.6 Å². The number of carbonyl (C=O) groups is 1. The Kier molecular flexibility index (Phi) is 4.14. The third-order valence-corrected chi connectivity index (χ3v) is 4.89. The number of aryl methyl sites for hydroxylation is 1. The van der Waals surface area contributed by atoms with E-state index in [1.807, 2.05) is 26.2 Å². The van der Waals surface area contributed by atoms with Crippen molar-refractivity contribution in [1.82, 2.24) is 9.97 Å². The maximum absolute atomic E-state index is 12.1. The van der Waals surface area contributed by atoms with Crippen molar-refractivity contribution < 1.29 is 4.79 Å². The second-order valence-electron chi connectivity index (χ2n) is 4.08. The molecule has 0 radical (unpaired) electrons. The van der Waals surface area contributed by atoms with E-state index in [-0.39, 0.29) is 11.8 Å². The molecule has 4 nitrogen and oxygen atoms in total. The van der Waals surface area contributed by atoms with Gasteiger partial charge in [-0.1, -0.05) is 13.8 Å². The van der Waals surface area contributed by atoms with Crippen molar-refractivity contribution in [1.29, 1.82) is 0 Å². The molecule has 1 N–H and O–H groups in total. The number of aromatic nitrogens is 2. The van der Waals surface area contributed by atoms with Gasteiger partial charge in [-0.25, -0.2) is 9.97 Å². The molecule has 2 aromatic heterocycles. The third kappa shape index (κ3) is 2.96. The zero-order chi connectivity index (χ0) is 13.3. The van der Waals surface area contributed by atoms with Crippen LogP contribution in [0.5, 0.6) is 0 Å². The van der Waals surface area contributed by atoms with E-state index in [1.165, 1.54) is 22.7 Å². The van der Waals surface area contributed by atoms with Crippen LogP contribution in [0.3, 0.4) is 0 Å². The van der Waals surface area contributed by atoms with Crippen LogP contribution in [-0.4, -0.2) is 15.9 Å². The number of nitrogens with zero attached hydrogens (tertiary/aromatic N) is 2. The van der Waals surface area contributed by atoms with Gasteiger partial charge in [0, 0.05) is 10.3 Å². The second kappa shape index (κ2) is 5.46. The van der Waals surface area contributed by atoms with Gasteiger partial charge >= 0.3 is 0 Å². The monoisotopic (exact) mass is 345 g/mol. The number of rotatable bonds is 3. The Morgan fingerprint density at radius 1 is 1.44 bits per heavy atom. The van der Waals surface area contributed by atoms with Crippen LogP contribution in [0.4, 0.5) is 5.13 Å². The molecule has 96 valence electrons. The SMILES string of the molecule is Cc1csc(NC(=O)c2nc(Br)sc2C(C)C)n1. The molecule has 1 amide bonds. The molecule has 0 bridgehead atoms. The van der Waals surface area contributed by atoms with Crippen LogP contribution in [0, 0.1) is 6.92 Å². The lowest BCUT2D eigenvalue weighted by atomic mass is 10.1. The molecule has 2 aromatic rings. The Labute approximate surface area is 122 Å². The lowest BCUT2D eigenvalue weighted by Gasteiger charge is -2.04. The van der Waals surface area contributed by atoms with E-state index in [2.05, 4.69) is 31.2 Å². The van der Waals surface area contributed by atoms with Gasteiger partial charge < -0.3 is 0 Å². The fraction of sp³-hybridized carbons (Fsp3) is 0.364. The maximum atomic E-state index is 12.1. The van der Waals surface area contributed by atoms with Gasteiger partial charge in [-0.2, -0.15) is 0 Å².